The predicted octanol–water partition coefficient (Wildman–Crippen LogP) is 3.28. The van der Waals surface area contributed by atoms with E-state index in [4.69, 9.17) is 5.73 Å². The van der Waals surface area contributed by atoms with Gasteiger partial charge in [0.05, 0.1) is 0 Å². The van der Waals surface area contributed by atoms with Crippen molar-refractivity contribution >= 4 is 0 Å². The number of hydrogen-bond donors (Lipinski definition) is 2. The first-order valence-electron chi connectivity index (χ1n) is 6.45. The summed E-state index contributed by atoms with van der Waals surface area (Å²) < 4.78 is 0. The highest BCUT2D eigenvalue weighted by molar-refractivity contribution is 5.46. The van der Waals surface area contributed by atoms with Crippen molar-refractivity contribution < 1.29 is 5.11 Å². The number of aromatic hydroxyl groups is 1. The van der Waals surface area contributed by atoms with Crippen LogP contribution in [0, 0.1) is 6.92 Å². The summed E-state index contributed by atoms with van der Waals surface area (Å²) in [6.07, 6.45) is 3.00. The fourth-order valence-corrected chi connectivity index (χ4v) is 2.01. The molecule has 0 atom stereocenters. The van der Waals surface area contributed by atoms with E-state index in [0.717, 1.165) is 30.4 Å². The Balaban J connectivity index is 3.15. The lowest BCUT2D eigenvalue weighted by molar-refractivity contribution is 0.425. The van der Waals surface area contributed by atoms with Crippen molar-refractivity contribution in [2.24, 2.45) is 5.73 Å². The van der Waals surface area contributed by atoms with E-state index in [1.165, 1.54) is 5.56 Å². The zero-order valence-electron chi connectivity index (χ0n) is 11.5. The number of aryl methyl sites for hydroxylation is 2. The minimum atomic E-state index is 0.0214. The molecule has 0 aliphatic rings. The average Bonchev–Trinajstić information content (AvgIpc) is 2.30. The van der Waals surface area contributed by atoms with Crippen molar-refractivity contribution in [3.8, 4) is 5.75 Å². The number of phenolic OH excluding ortho intramolecular Hbond substituents is 1. The first kappa shape index (κ1) is 14.0. The second kappa shape index (κ2) is 5.54. The van der Waals surface area contributed by atoms with Gasteiger partial charge in [0.2, 0.25) is 0 Å². The topological polar surface area (TPSA) is 46.2 Å². The van der Waals surface area contributed by atoms with Gasteiger partial charge in [-0.2, -0.15) is 0 Å². The van der Waals surface area contributed by atoms with Gasteiger partial charge in [-0.3, -0.25) is 0 Å². The van der Waals surface area contributed by atoms with E-state index in [1.54, 1.807) is 0 Å². The minimum Gasteiger partial charge on any atom is -0.507 e. The van der Waals surface area contributed by atoms with Crippen LogP contribution in [0.3, 0.4) is 0 Å². The Hall–Kier alpha value is -1.02. The van der Waals surface area contributed by atoms with Gasteiger partial charge in [0.1, 0.15) is 5.75 Å². The molecule has 2 heteroatoms. The van der Waals surface area contributed by atoms with Crippen molar-refractivity contribution in [1.82, 2.24) is 0 Å². The summed E-state index contributed by atoms with van der Waals surface area (Å²) in [6, 6.07) is 4.21. The van der Waals surface area contributed by atoms with Crippen LogP contribution in [0.4, 0.5) is 0 Å². The molecule has 0 saturated carbocycles. The Morgan fingerprint density at radius 1 is 1.29 bits per heavy atom. The molecule has 0 bridgehead atoms. The molecule has 0 aliphatic heterocycles. The molecule has 0 amide bonds. The lowest BCUT2D eigenvalue weighted by Crippen LogP contribution is -2.16. The van der Waals surface area contributed by atoms with Gasteiger partial charge >= 0.3 is 0 Å². The van der Waals surface area contributed by atoms with Crippen LogP contribution in [0.5, 0.6) is 5.75 Å². The van der Waals surface area contributed by atoms with Crippen molar-refractivity contribution in [2.75, 3.05) is 6.54 Å². The van der Waals surface area contributed by atoms with Gasteiger partial charge in [-0.25, -0.2) is 0 Å². The third kappa shape index (κ3) is 3.22. The van der Waals surface area contributed by atoms with E-state index in [0.29, 0.717) is 12.3 Å². The van der Waals surface area contributed by atoms with Gasteiger partial charge in [-0.1, -0.05) is 32.9 Å². The quantitative estimate of drug-likeness (QED) is 0.822. The number of hydrogen-bond acceptors (Lipinski definition) is 2. The summed E-state index contributed by atoms with van der Waals surface area (Å²) in [5.41, 5.74) is 8.88. The minimum absolute atomic E-state index is 0.0214. The molecule has 0 saturated heterocycles. The van der Waals surface area contributed by atoms with Crippen LogP contribution in [-0.2, 0) is 11.8 Å². The maximum atomic E-state index is 10.2. The van der Waals surface area contributed by atoms with Crippen molar-refractivity contribution in [3.63, 3.8) is 0 Å². The highest BCUT2D eigenvalue weighted by atomic mass is 16.3. The number of phenols is 1. The van der Waals surface area contributed by atoms with Gasteiger partial charge in [0.15, 0.2) is 0 Å². The second-order valence-electron chi connectivity index (χ2n) is 5.44. The van der Waals surface area contributed by atoms with E-state index >= 15 is 0 Å². The third-order valence-corrected chi connectivity index (χ3v) is 3.64. The molecule has 1 aromatic carbocycles. The van der Waals surface area contributed by atoms with E-state index < -0.39 is 0 Å². The largest absolute Gasteiger partial charge is 0.507 e. The van der Waals surface area contributed by atoms with Gasteiger partial charge in [0, 0.05) is 5.56 Å². The number of benzene rings is 1. The maximum Gasteiger partial charge on any atom is 0.122 e. The van der Waals surface area contributed by atoms with Gasteiger partial charge in [0.25, 0.3) is 0 Å². The lowest BCUT2D eigenvalue weighted by Gasteiger charge is -2.26. The molecule has 0 spiro atoms. The van der Waals surface area contributed by atoms with Crippen LogP contribution in [-0.4, -0.2) is 11.7 Å². The Labute approximate surface area is 105 Å². The molecule has 3 N–H and O–H groups in total. The number of rotatable bonds is 5. The first-order valence-corrected chi connectivity index (χ1v) is 6.45. The zero-order chi connectivity index (χ0) is 13.1. The molecule has 1 rings (SSSR count). The lowest BCUT2D eigenvalue weighted by atomic mass is 9.80. The molecular formula is C15H25NO. The molecule has 0 fully saturated rings. The summed E-state index contributed by atoms with van der Waals surface area (Å²) >= 11 is 0. The summed E-state index contributed by atoms with van der Waals surface area (Å²) in [6.45, 7) is 9.19. The molecule has 1 aromatic rings. The average molecular weight is 235 g/mol. The molecule has 96 valence electrons. The maximum absolute atomic E-state index is 10.2. The summed E-state index contributed by atoms with van der Waals surface area (Å²) in [7, 11) is 0. The predicted molar refractivity (Wildman–Crippen MR) is 73.5 cm³/mol. The van der Waals surface area contributed by atoms with Crippen LogP contribution in [0.15, 0.2) is 12.1 Å². The van der Waals surface area contributed by atoms with Crippen molar-refractivity contribution in [2.45, 2.75) is 52.4 Å². The fraction of sp³-hybridized carbons (Fsp3) is 0.600. The first-order chi connectivity index (χ1) is 7.92. The molecule has 0 aromatic heterocycles. The Kier molecular flexibility index (Phi) is 4.58. The molecular weight excluding hydrogens is 210 g/mol. The standard InChI is InChI=1S/C15H25NO/c1-5-15(3,4)13-10-12(7-6-8-16)9-11(2)14(13)17/h9-10,17H,5-8,16H2,1-4H3. The molecule has 0 heterocycles. The summed E-state index contributed by atoms with van der Waals surface area (Å²) in [5, 5.41) is 10.2. The highest BCUT2D eigenvalue weighted by Crippen LogP contribution is 2.36. The smallest absolute Gasteiger partial charge is 0.122 e. The molecule has 17 heavy (non-hydrogen) atoms. The van der Waals surface area contributed by atoms with Crippen LogP contribution < -0.4 is 5.73 Å². The normalized spacial score (nSPS) is 11.8. The Bertz CT molecular complexity index is 383. The highest BCUT2D eigenvalue weighted by Gasteiger charge is 2.23. The SMILES string of the molecule is CCC(C)(C)c1cc(CCCN)cc(C)c1O. The monoisotopic (exact) mass is 235 g/mol. The fourth-order valence-electron chi connectivity index (χ4n) is 2.01. The number of nitrogens with two attached hydrogens (primary N) is 1. The van der Waals surface area contributed by atoms with Gasteiger partial charge in [-0.05, 0) is 49.3 Å². The molecule has 2 nitrogen and oxygen atoms in total. The van der Waals surface area contributed by atoms with Crippen LogP contribution in [0.1, 0.15) is 50.3 Å². The summed E-state index contributed by atoms with van der Waals surface area (Å²) in [4.78, 5) is 0. The van der Waals surface area contributed by atoms with E-state index in [1.807, 2.05) is 6.92 Å². The molecule has 0 unspecified atom stereocenters. The summed E-state index contributed by atoms with van der Waals surface area (Å²) in [5.74, 6) is 0.452. The van der Waals surface area contributed by atoms with Gasteiger partial charge < -0.3 is 10.8 Å². The molecule has 0 radical (unpaired) electrons. The van der Waals surface area contributed by atoms with E-state index in [-0.39, 0.29) is 5.41 Å². The van der Waals surface area contributed by atoms with Crippen LogP contribution in [0.2, 0.25) is 0 Å². The Morgan fingerprint density at radius 3 is 2.47 bits per heavy atom. The zero-order valence-corrected chi connectivity index (χ0v) is 11.5. The third-order valence-electron chi connectivity index (χ3n) is 3.64. The molecule has 0 aliphatic carbocycles. The van der Waals surface area contributed by atoms with Crippen molar-refractivity contribution in [3.05, 3.63) is 28.8 Å². The second-order valence-corrected chi connectivity index (χ2v) is 5.44. The Morgan fingerprint density at radius 2 is 1.94 bits per heavy atom. The van der Waals surface area contributed by atoms with Crippen LogP contribution in [0.25, 0.3) is 0 Å². The van der Waals surface area contributed by atoms with Crippen molar-refractivity contribution in [1.29, 1.82) is 0 Å². The van der Waals surface area contributed by atoms with Crippen LogP contribution >= 0.6 is 0 Å². The van der Waals surface area contributed by atoms with E-state index in [2.05, 4.69) is 32.9 Å². The van der Waals surface area contributed by atoms with E-state index in [9.17, 15) is 5.11 Å². The van der Waals surface area contributed by atoms with Gasteiger partial charge in [-0.15, -0.1) is 0 Å².